The van der Waals surface area contributed by atoms with Crippen LogP contribution in [-0.4, -0.2) is 53.0 Å². The SMILES string of the molecule is CCC1OC(=O)N(Cc2ccc(NC(=O)c3cnccn3)cc2)N=C1c1ccc(OC)c(OC)c1. The largest absolute Gasteiger partial charge is 0.493 e. The number of hydrogen-bond donors (Lipinski definition) is 1. The number of hydrazone groups is 1. The molecule has 10 heteroatoms. The number of carbonyl (C=O) groups is 2. The zero-order valence-corrected chi connectivity index (χ0v) is 19.6. The van der Waals surface area contributed by atoms with Crippen molar-refractivity contribution in [3.8, 4) is 11.5 Å². The van der Waals surface area contributed by atoms with Crippen molar-refractivity contribution in [2.45, 2.75) is 26.0 Å². The van der Waals surface area contributed by atoms with E-state index in [0.29, 0.717) is 29.3 Å². The van der Waals surface area contributed by atoms with Crippen LogP contribution in [-0.2, 0) is 11.3 Å². The van der Waals surface area contributed by atoms with E-state index in [1.165, 1.54) is 23.6 Å². The van der Waals surface area contributed by atoms with E-state index in [2.05, 4.69) is 20.4 Å². The van der Waals surface area contributed by atoms with Gasteiger partial charge in [0.25, 0.3) is 5.91 Å². The molecule has 180 valence electrons. The molecule has 10 nitrogen and oxygen atoms in total. The topological polar surface area (TPSA) is 115 Å². The van der Waals surface area contributed by atoms with Crippen LogP contribution >= 0.6 is 0 Å². The lowest BCUT2D eigenvalue weighted by atomic mass is 10.0. The van der Waals surface area contributed by atoms with Crippen LogP contribution in [0.15, 0.2) is 66.2 Å². The molecular weight excluding hydrogens is 450 g/mol. The van der Waals surface area contributed by atoms with Gasteiger partial charge in [0.15, 0.2) is 11.5 Å². The predicted molar refractivity (Wildman–Crippen MR) is 129 cm³/mol. The summed E-state index contributed by atoms with van der Waals surface area (Å²) in [6.45, 7) is 2.13. The fourth-order valence-electron chi connectivity index (χ4n) is 3.57. The number of nitrogens with zero attached hydrogens (tertiary/aromatic N) is 4. The number of cyclic esters (lactones) is 1. The fourth-order valence-corrected chi connectivity index (χ4v) is 3.57. The number of carbonyl (C=O) groups excluding carboxylic acids is 2. The Kier molecular flexibility index (Phi) is 7.20. The summed E-state index contributed by atoms with van der Waals surface area (Å²) in [5, 5.41) is 8.66. The third-order valence-corrected chi connectivity index (χ3v) is 5.38. The van der Waals surface area contributed by atoms with Crippen LogP contribution in [0.25, 0.3) is 0 Å². The smallest absolute Gasteiger partial charge is 0.431 e. The van der Waals surface area contributed by atoms with Gasteiger partial charge in [-0.25, -0.2) is 9.78 Å². The fraction of sp³-hybridized carbons (Fsp3) is 0.240. The summed E-state index contributed by atoms with van der Waals surface area (Å²) in [4.78, 5) is 32.8. The van der Waals surface area contributed by atoms with Crippen molar-refractivity contribution >= 4 is 23.4 Å². The van der Waals surface area contributed by atoms with Gasteiger partial charge in [-0.3, -0.25) is 9.78 Å². The minimum absolute atomic E-state index is 0.199. The van der Waals surface area contributed by atoms with Crippen LogP contribution in [0.2, 0.25) is 0 Å². The van der Waals surface area contributed by atoms with Gasteiger partial charge >= 0.3 is 6.09 Å². The van der Waals surface area contributed by atoms with E-state index in [4.69, 9.17) is 14.2 Å². The highest BCUT2D eigenvalue weighted by Crippen LogP contribution is 2.30. The van der Waals surface area contributed by atoms with Crippen LogP contribution in [0.1, 0.15) is 35.0 Å². The summed E-state index contributed by atoms with van der Waals surface area (Å²) < 4.78 is 16.4. The molecule has 0 spiro atoms. The summed E-state index contributed by atoms with van der Waals surface area (Å²) in [7, 11) is 3.13. The molecule has 2 aromatic carbocycles. The van der Waals surface area contributed by atoms with Crippen molar-refractivity contribution in [3.63, 3.8) is 0 Å². The second-order valence-corrected chi connectivity index (χ2v) is 7.64. The first-order chi connectivity index (χ1) is 17.0. The number of benzene rings is 2. The van der Waals surface area contributed by atoms with Crippen molar-refractivity contribution in [1.82, 2.24) is 15.0 Å². The molecule has 0 aliphatic carbocycles. The molecule has 4 rings (SSSR count). The van der Waals surface area contributed by atoms with Gasteiger partial charge in [0.2, 0.25) is 0 Å². The molecular formula is C25H25N5O5. The Labute approximate surface area is 202 Å². The number of hydrogen-bond acceptors (Lipinski definition) is 8. The third-order valence-electron chi connectivity index (χ3n) is 5.38. The quantitative estimate of drug-likeness (QED) is 0.526. The lowest BCUT2D eigenvalue weighted by molar-refractivity contribution is 0.0712. The van der Waals surface area contributed by atoms with Crippen molar-refractivity contribution in [3.05, 3.63) is 77.9 Å². The summed E-state index contributed by atoms with van der Waals surface area (Å²) in [5.74, 6) is 0.798. The molecule has 35 heavy (non-hydrogen) atoms. The normalized spacial score (nSPS) is 15.2. The minimum Gasteiger partial charge on any atom is -0.493 e. The maximum absolute atomic E-state index is 12.6. The molecule has 1 aliphatic rings. The second kappa shape index (κ2) is 10.6. The summed E-state index contributed by atoms with van der Waals surface area (Å²) >= 11 is 0. The molecule has 0 radical (unpaired) electrons. The zero-order valence-electron chi connectivity index (χ0n) is 19.6. The van der Waals surface area contributed by atoms with E-state index in [9.17, 15) is 9.59 Å². The molecule has 2 amide bonds. The highest BCUT2D eigenvalue weighted by Gasteiger charge is 2.31. The number of ether oxygens (including phenoxy) is 3. The summed E-state index contributed by atoms with van der Waals surface area (Å²) in [6, 6.07) is 12.5. The first-order valence-electron chi connectivity index (χ1n) is 11.0. The third kappa shape index (κ3) is 5.37. The van der Waals surface area contributed by atoms with Gasteiger partial charge in [0.1, 0.15) is 17.5 Å². The maximum Gasteiger partial charge on any atom is 0.431 e. The Bertz CT molecular complexity index is 1230. The molecule has 0 saturated carbocycles. The number of anilines is 1. The van der Waals surface area contributed by atoms with Gasteiger partial charge in [-0.2, -0.15) is 10.1 Å². The molecule has 1 aliphatic heterocycles. The van der Waals surface area contributed by atoms with Crippen molar-refractivity contribution < 1.29 is 23.8 Å². The molecule has 1 unspecified atom stereocenters. The van der Waals surface area contributed by atoms with Crippen LogP contribution in [0, 0.1) is 0 Å². The number of nitrogens with one attached hydrogen (secondary N) is 1. The Morgan fingerprint density at radius 1 is 1.09 bits per heavy atom. The average molecular weight is 476 g/mol. The Hall–Kier alpha value is -4.47. The van der Waals surface area contributed by atoms with E-state index >= 15 is 0 Å². The highest BCUT2D eigenvalue weighted by molar-refractivity contribution is 6.06. The van der Waals surface area contributed by atoms with E-state index < -0.39 is 12.2 Å². The molecule has 2 heterocycles. The second-order valence-electron chi connectivity index (χ2n) is 7.64. The molecule has 0 bridgehead atoms. The van der Waals surface area contributed by atoms with Crippen LogP contribution < -0.4 is 14.8 Å². The Morgan fingerprint density at radius 2 is 1.86 bits per heavy atom. The Morgan fingerprint density at radius 3 is 2.51 bits per heavy atom. The number of rotatable bonds is 8. The van der Waals surface area contributed by atoms with E-state index in [-0.39, 0.29) is 18.1 Å². The monoisotopic (exact) mass is 475 g/mol. The molecule has 1 atom stereocenters. The maximum atomic E-state index is 12.6. The number of amides is 2. The van der Waals surface area contributed by atoms with Crippen LogP contribution in [0.3, 0.4) is 0 Å². The number of methoxy groups -OCH3 is 2. The van der Waals surface area contributed by atoms with Gasteiger partial charge in [-0.05, 0) is 42.3 Å². The molecule has 1 N–H and O–H groups in total. The zero-order chi connectivity index (χ0) is 24.8. The van der Waals surface area contributed by atoms with Crippen molar-refractivity contribution in [1.29, 1.82) is 0 Å². The van der Waals surface area contributed by atoms with Gasteiger partial charge in [0.05, 0.1) is 27.0 Å². The Balaban J connectivity index is 1.52. The van der Waals surface area contributed by atoms with E-state index in [0.717, 1.165) is 11.1 Å². The van der Waals surface area contributed by atoms with E-state index in [1.807, 2.05) is 19.1 Å². The van der Waals surface area contributed by atoms with Gasteiger partial charge in [0, 0.05) is 23.6 Å². The lowest BCUT2D eigenvalue weighted by Gasteiger charge is -2.29. The molecule has 0 saturated heterocycles. The molecule has 3 aromatic rings. The highest BCUT2D eigenvalue weighted by atomic mass is 16.6. The predicted octanol–water partition coefficient (Wildman–Crippen LogP) is 3.88. The standard InChI is InChI=1S/C25H25N5O5/c1-4-20-23(17-7-10-21(33-2)22(13-17)34-3)29-30(25(32)35-20)15-16-5-8-18(9-6-16)28-24(31)19-14-26-11-12-27-19/h5-14,20H,4,15H2,1-3H3,(H,28,31). The van der Waals surface area contributed by atoms with Crippen molar-refractivity contribution in [2.24, 2.45) is 5.10 Å². The minimum atomic E-state index is -0.527. The van der Waals surface area contributed by atoms with Gasteiger partial charge in [-0.15, -0.1) is 0 Å². The summed E-state index contributed by atoms with van der Waals surface area (Å²) in [5.41, 5.74) is 3.01. The lowest BCUT2D eigenvalue weighted by Crippen LogP contribution is -2.41. The van der Waals surface area contributed by atoms with E-state index in [1.54, 1.807) is 44.6 Å². The molecule has 0 fully saturated rings. The van der Waals surface area contributed by atoms with Crippen molar-refractivity contribution in [2.75, 3.05) is 19.5 Å². The summed E-state index contributed by atoms with van der Waals surface area (Å²) in [6.07, 6.45) is 3.92. The average Bonchev–Trinajstić information content (AvgIpc) is 2.90. The number of aromatic nitrogens is 2. The first kappa shape index (κ1) is 23.7. The van der Waals surface area contributed by atoms with Crippen LogP contribution in [0.5, 0.6) is 11.5 Å². The van der Waals surface area contributed by atoms with Gasteiger partial charge < -0.3 is 19.5 Å². The van der Waals surface area contributed by atoms with Crippen LogP contribution in [0.4, 0.5) is 10.5 Å². The molecule has 1 aromatic heterocycles. The first-order valence-corrected chi connectivity index (χ1v) is 11.0. The van der Waals surface area contributed by atoms with Gasteiger partial charge in [-0.1, -0.05) is 19.1 Å².